The zero-order chi connectivity index (χ0) is 13.1. The van der Waals surface area contributed by atoms with Gasteiger partial charge in [-0.25, -0.2) is 4.79 Å². The predicted molar refractivity (Wildman–Crippen MR) is 75.7 cm³/mol. The lowest BCUT2D eigenvalue weighted by atomic mass is 10.1. The van der Waals surface area contributed by atoms with E-state index in [9.17, 15) is 4.79 Å². The third-order valence-corrected chi connectivity index (χ3v) is 3.84. The molecule has 0 amide bonds. The van der Waals surface area contributed by atoms with Crippen LogP contribution in [0.25, 0.3) is 10.4 Å². The second kappa shape index (κ2) is 5.42. The summed E-state index contributed by atoms with van der Waals surface area (Å²) in [5.41, 5.74) is 2.29. The summed E-state index contributed by atoms with van der Waals surface area (Å²) in [6, 6.07) is 7.38. The maximum atomic E-state index is 11.8. The molecule has 2 aromatic rings. The van der Waals surface area contributed by atoms with Crippen LogP contribution in [0.15, 0.2) is 29.6 Å². The molecule has 1 aromatic carbocycles. The Morgan fingerprint density at radius 3 is 2.56 bits per heavy atom. The molecule has 3 nitrogen and oxygen atoms in total. The molecule has 5 heteroatoms. The maximum Gasteiger partial charge on any atom is 0.341 e. The van der Waals surface area contributed by atoms with Crippen LogP contribution in [-0.2, 0) is 4.74 Å². The number of carbonyl (C=O) groups excluding carboxylic acids is 1. The third kappa shape index (κ3) is 2.35. The first kappa shape index (κ1) is 12.9. The Kier molecular flexibility index (Phi) is 3.89. The van der Waals surface area contributed by atoms with Crippen molar-refractivity contribution in [1.29, 1.82) is 0 Å². The van der Waals surface area contributed by atoms with Gasteiger partial charge in [-0.3, -0.25) is 0 Å². The van der Waals surface area contributed by atoms with Crippen LogP contribution in [0.2, 0.25) is 5.02 Å². The Hall–Kier alpha value is -1.52. The number of ether oxygens (including phenoxy) is 1. The van der Waals surface area contributed by atoms with Crippen molar-refractivity contribution < 1.29 is 9.53 Å². The Morgan fingerprint density at radius 1 is 1.33 bits per heavy atom. The maximum absolute atomic E-state index is 11.8. The van der Waals surface area contributed by atoms with E-state index < -0.39 is 0 Å². The van der Waals surface area contributed by atoms with Gasteiger partial charge in [0.1, 0.15) is 5.56 Å². The summed E-state index contributed by atoms with van der Waals surface area (Å²) in [4.78, 5) is 12.7. The van der Waals surface area contributed by atoms with Gasteiger partial charge >= 0.3 is 5.97 Å². The SMILES string of the molecule is CNc1csc(-c2ccc(Cl)cc2)c1C(=O)OC. The molecule has 0 aliphatic heterocycles. The fourth-order valence-electron chi connectivity index (χ4n) is 1.66. The molecule has 0 bridgehead atoms. The van der Waals surface area contributed by atoms with E-state index in [1.807, 2.05) is 17.5 Å². The van der Waals surface area contributed by atoms with Crippen molar-refractivity contribution in [2.75, 3.05) is 19.5 Å². The number of thiophene rings is 1. The van der Waals surface area contributed by atoms with E-state index >= 15 is 0 Å². The van der Waals surface area contributed by atoms with Crippen molar-refractivity contribution in [2.45, 2.75) is 0 Å². The fourth-order valence-corrected chi connectivity index (χ4v) is 2.84. The molecule has 1 aromatic heterocycles. The van der Waals surface area contributed by atoms with Crippen LogP contribution in [0.5, 0.6) is 0 Å². The highest BCUT2D eigenvalue weighted by molar-refractivity contribution is 7.14. The van der Waals surface area contributed by atoms with Gasteiger partial charge in [0.05, 0.1) is 17.7 Å². The van der Waals surface area contributed by atoms with Gasteiger partial charge in [-0.1, -0.05) is 23.7 Å². The van der Waals surface area contributed by atoms with Gasteiger partial charge in [0.2, 0.25) is 0 Å². The number of carbonyl (C=O) groups is 1. The molecule has 18 heavy (non-hydrogen) atoms. The lowest BCUT2D eigenvalue weighted by Gasteiger charge is -2.05. The molecular formula is C13H12ClNO2S. The highest BCUT2D eigenvalue weighted by atomic mass is 35.5. The van der Waals surface area contributed by atoms with E-state index in [2.05, 4.69) is 5.32 Å². The van der Waals surface area contributed by atoms with E-state index in [-0.39, 0.29) is 5.97 Å². The molecule has 0 spiro atoms. The minimum Gasteiger partial charge on any atom is -0.465 e. The minimum absolute atomic E-state index is 0.342. The summed E-state index contributed by atoms with van der Waals surface area (Å²) < 4.78 is 4.82. The molecule has 94 valence electrons. The molecular weight excluding hydrogens is 270 g/mol. The Labute approximate surface area is 114 Å². The van der Waals surface area contributed by atoms with Crippen molar-refractivity contribution >= 4 is 34.6 Å². The molecule has 0 atom stereocenters. The van der Waals surface area contributed by atoms with Crippen LogP contribution in [0.3, 0.4) is 0 Å². The molecule has 1 N–H and O–H groups in total. The monoisotopic (exact) mass is 281 g/mol. The molecule has 0 radical (unpaired) electrons. The van der Waals surface area contributed by atoms with Crippen LogP contribution in [0.1, 0.15) is 10.4 Å². The van der Waals surface area contributed by atoms with Gasteiger partial charge < -0.3 is 10.1 Å². The highest BCUT2D eigenvalue weighted by Gasteiger charge is 2.20. The largest absolute Gasteiger partial charge is 0.465 e. The number of anilines is 1. The summed E-state index contributed by atoms with van der Waals surface area (Å²) in [5, 5.41) is 5.57. The summed E-state index contributed by atoms with van der Waals surface area (Å²) in [6.07, 6.45) is 0. The standard InChI is InChI=1S/C13H12ClNO2S/c1-15-10-7-18-12(11(10)13(16)17-2)8-3-5-9(14)6-4-8/h3-7,15H,1-2H3. The van der Waals surface area contributed by atoms with Crippen molar-refractivity contribution in [3.05, 3.63) is 40.2 Å². The Bertz CT molecular complexity index is 563. The van der Waals surface area contributed by atoms with Crippen molar-refractivity contribution in [2.24, 2.45) is 0 Å². The van der Waals surface area contributed by atoms with Gasteiger partial charge in [-0.2, -0.15) is 0 Å². The number of hydrogen-bond donors (Lipinski definition) is 1. The molecule has 0 aliphatic carbocycles. The fraction of sp³-hybridized carbons (Fsp3) is 0.154. The third-order valence-electron chi connectivity index (χ3n) is 2.56. The van der Waals surface area contributed by atoms with Gasteiger partial charge in [-0.05, 0) is 17.7 Å². The first-order chi connectivity index (χ1) is 8.67. The van der Waals surface area contributed by atoms with Crippen LogP contribution in [-0.4, -0.2) is 20.1 Å². The first-order valence-electron chi connectivity index (χ1n) is 5.31. The Morgan fingerprint density at radius 2 is 2.00 bits per heavy atom. The second-order valence-electron chi connectivity index (χ2n) is 3.60. The second-order valence-corrected chi connectivity index (χ2v) is 4.92. The number of esters is 1. The predicted octanol–water partition coefficient (Wildman–Crippen LogP) is 3.90. The zero-order valence-electron chi connectivity index (χ0n) is 9.99. The number of hydrogen-bond acceptors (Lipinski definition) is 4. The normalized spacial score (nSPS) is 10.2. The number of rotatable bonds is 3. The van der Waals surface area contributed by atoms with Crippen molar-refractivity contribution in [1.82, 2.24) is 0 Å². The molecule has 0 fully saturated rings. The zero-order valence-corrected chi connectivity index (χ0v) is 11.6. The van der Waals surface area contributed by atoms with Crippen LogP contribution >= 0.6 is 22.9 Å². The van der Waals surface area contributed by atoms with E-state index in [0.29, 0.717) is 10.6 Å². The van der Waals surface area contributed by atoms with Crippen LogP contribution in [0, 0.1) is 0 Å². The summed E-state index contributed by atoms with van der Waals surface area (Å²) >= 11 is 7.36. The van der Waals surface area contributed by atoms with Crippen molar-refractivity contribution in [3.63, 3.8) is 0 Å². The minimum atomic E-state index is -0.342. The summed E-state index contributed by atoms with van der Waals surface area (Å²) in [6.45, 7) is 0. The molecule has 0 aliphatic rings. The van der Waals surface area contributed by atoms with E-state index in [1.165, 1.54) is 18.4 Å². The average Bonchev–Trinajstić information content (AvgIpc) is 2.82. The number of nitrogens with one attached hydrogen (secondary N) is 1. The molecule has 0 saturated heterocycles. The highest BCUT2D eigenvalue weighted by Crippen LogP contribution is 2.36. The Balaban J connectivity index is 2.54. The van der Waals surface area contributed by atoms with Crippen LogP contribution in [0.4, 0.5) is 5.69 Å². The number of benzene rings is 1. The smallest absolute Gasteiger partial charge is 0.341 e. The van der Waals surface area contributed by atoms with Crippen molar-refractivity contribution in [3.8, 4) is 10.4 Å². The van der Waals surface area contributed by atoms with E-state index in [0.717, 1.165) is 16.1 Å². The summed E-state index contributed by atoms with van der Waals surface area (Å²) in [7, 11) is 3.16. The average molecular weight is 282 g/mol. The molecule has 2 rings (SSSR count). The lowest BCUT2D eigenvalue weighted by Crippen LogP contribution is -2.04. The topological polar surface area (TPSA) is 38.3 Å². The van der Waals surface area contributed by atoms with Crippen LogP contribution < -0.4 is 5.32 Å². The van der Waals surface area contributed by atoms with Gasteiger partial charge in [0.25, 0.3) is 0 Å². The molecule has 0 unspecified atom stereocenters. The lowest BCUT2D eigenvalue weighted by molar-refractivity contribution is 0.0603. The van der Waals surface area contributed by atoms with Gasteiger partial charge in [0, 0.05) is 17.5 Å². The number of methoxy groups -OCH3 is 1. The quantitative estimate of drug-likeness (QED) is 0.867. The summed E-state index contributed by atoms with van der Waals surface area (Å²) in [5.74, 6) is -0.342. The van der Waals surface area contributed by atoms with E-state index in [4.69, 9.17) is 16.3 Å². The number of halogens is 1. The van der Waals surface area contributed by atoms with Gasteiger partial charge in [-0.15, -0.1) is 11.3 Å². The first-order valence-corrected chi connectivity index (χ1v) is 6.56. The molecule has 0 saturated carbocycles. The molecule has 1 heterocycles. The van der Waals surface area contributed by atoms with E-state index in [1.54, 1.807) is 19.2 Å². The van der Waals surface area contributed by atoms with Gasteiger partial charge in [0.15, 0.2) is 0 Å².